The molecule has 2 bridgehead atoms. The smallest absolute Gasteiger partial charge is 0.387 e. The fourth-order valence-corrected chi connectivity index (χ4v) is 6.35. The van der Waals surface area contributed by atoms with Crippen molar-refractivity contribution < 1.29 is 32.1 Å². The van der Waals surface area contributed by atoms with Crippen LogP contribution >= 0.6 is 7.14 Å². The summed E-state index contributed by atoms with van der Waals surface area (Å²) in [5.41, 5.74) is 3.48. The van der Waals surface area contributed by atoms with E-state index in [0.29, 0.717) is 22.4 Å². The first-order valence-electron chi connectivity index (χ1n) is 13.9. The van der Waals surface area contributed by atoms with Gasteiger partial charge in [0.05, 0.1) is 23.1 Å². The van der Waals surface area contributed by atoms with E-state index in [1.807, 2.05) is 28.8 Å². The Morgan fingerprint density at radius 3 is 2.51 bits per heavy atom. The molecule has 1 aromatic heterocycles. The van der Waals surface area contributed by atoms with Gasteiger partial charge in [0.2, 0.25) is 0 Å². The van der Waals surface area contributed by atoms with Gasteiger partial charge < -0.3 is 23.9 Å². The number of carbonyl (C=O) groups is 1. The first kappa shape index (κ1) is 22.3. The fraction of sp³-hybridized carbons (Fsp3) is 0.310. The van der Waals surface area contributed by atoms with Crippen LogP contribution in [0.1, 0.15) is 56.8 Å². The topological polar surface area (TPSA) is 84.7 Å². The van der Waals surface area contributed by atoms with Crippen molar-refractivity contribution in [3.63, 3.8) is 0 Å². The van der Waals surface area contributed by atoms with Crippen LogP contribution in [0.3, 0.4) is 0 Å². The number of hydrogen-bond donors (Lipinski definition) is 1. The first-order chi connectivity index (χ1) is 19.6. The van der Waals surface area contributed by atoms with Crippen molar-refractivity contribution in [3.05, 3.63) is 83.2 Å². The number of nitrogens with zero attached hydrogens (tertiary/aromatic N) is 3. The Balaban J connectivity index is 1.52. The maximum atomic E-state index is 13.6. The normalized spacial score (nSPS) is 21.6. The Hall–Kier alpha value is -3.55. The molecule has 6 rings (SSSR count). The third-order valence-electron chi connectivity index (χ3n) is 7.96. The second-order valence-corrected chi connectivity index (χ2v) is 14.1. The number of fused-ring (bicyclic) bond motifs is 9. The molecule has 2 aliphatic heterocycles. The van der Waals surface area contributed by atoms with Crippen LogP contribution in [-0.4, -0.2) is 52.4 Å². The van der Waals surface area contributed by atoms with E-state index in [4.69, 9.17) is 13.8 Å². The third kappa shape index (κ3) is 3.90. The summed E-state index contributed by atoms with van der Waals surface area (Å²) in [5.74, 6) is -0.636. The van der Waals surface area contributed by atoms with E-state index in [0.717, 1.165) is 16.0 Å². The number of ether oxygens (including phenoxy) is 1. The fourth-order valence-electron chi connectivity index (χ4n) is 5.58. The van der Waals surface area contributed by atoms with Crippen LogP contribution in [0.4, 0.5) is 8.78 Å². The summed E-state index contributed by atoms with van der Waals surface area (Å²) in [4.78, 5) is 19.1. The molecule has 0 unspecified atom stereocenters. The average Bonchev–Trinajstić information content (AvgIpc) is 3.40. The molecular formula is C29H28F2N3O4P. The van der Waals surface area contributed by atoms with E-state index in [-0.39, 0.29) is 23.3 Å². The molecular weight excluding hydrogens is 523 g/mol. The zero-order valence-corrected chi connectivity index (χ0v) is 22.3. The van der Waals surface area contributed by atoms with E-state index in [9.17, 15) is 23.2 Å². The summed E-state index contributed by atoms with van der Waals surface area (Å²) >= 11 is 0. The first-order valence-corrected chi connectivity index (χ1v) is 15.0. The maximum Gasteiger partial charge on any atom is 0.387 e. The van der Waals surface area contributed by atoms with Crippen molar-refractivity contribution in [2.45, 2.75) is 37.4 Å². The minimum Gasteiger partial charge on any atom is -0.434 e. The van der Waals surface area contributed by atoms with Crippen molar-refractivity contribution in [2.75, 3.05) is 20.3 Å². The number of amides is 1. The van der Waals surface area contributed by atoms with Gasteiger partial charge >= 0.3 is 6.61 Å². The van der Waals surface area contributed by atoms with Crippen LogP contribution in [0.5, 0.6) is 5.75 Å². The summed E-state index contributed by atoms with van der Waals surface area (Å²) < 4.78 is 70.6. The molecule has 3 aromatic carbocycles. The van der Waals surface area contributed by atoms with Crippen LogP contribution < -0.4 is 4.74 Å². The largest absolute Gasteiger partial charge is 0.434 e. The van der Waals surface area contributed by atoms with E-state index in [2.05, 4.69) is 0 Å². The SMILES string of the molecule is [2H]C([2H])([2H])N1C(=O)c2cccc(OC(F)F)c2[C@H]2C[C@@H]1c1nc3ccc(-c4ccc([C@](C)(O)P(C)(C)=O)cc4)cc3n12. The molecule has 3 heterocycles. The summed E-state index contributed by atoms with van der Waals surface area (Å²) in [6, 6.07) is 15.1. The monoisotopic (exact) mass is 554 g/mol. The minimum absolute atomic E-state index is 0.00721. The van der Waals surface area contributed by atoms with Gasteiger partial charge in [0.25, 0.3) is 5.91 Å². The Morgan fingerprint density at radius 1 is 1.13 bits per heavy atom. The molecule has 7 nitrogen and oxygen atoms in total. The number of alkyl halides is 2. The third-order valence-corrected chi connectivity index (χ3v) is 10.3. The van der Waals surface area contributed by atoms with Crippen molar-refractivity contribution >= 4 is 24.1 Å². The number of imidazole rings is 1. The number of aliphatic hydroxyl groups is 1. The molecule has 0 fully saturated rings. The lowest BCUT2D eigenvalue weighted by atomic mass is 9.97. The second-order valence-electron chi connectivity index (χ2n) is 10.5. The predicted molar refractivity (Wildman–Crippen MR) is 145 cm³/mol. The van der Waals surface area contributed by atoms with Gasteiger partial charge in [-0.1, -0.05) is 36.4 Å². The van der Waals surface area contributed by atoms with E-state index < -0.39 is 44.1 Å². The van der Waals surface area contributed by atoms with Gasteiger partial charge in [-0.05, 0) is 61.2 Å². The molecule has 0 radical (unpaired) electrons. The molecule has 4 aromatic rings. The molecule has 39 heavy (non-hydrogen) atoms. The van der Waals surface area contributed by atoms with Gasteiger partial charge in [0.15, 0.2) is 0 Å². The lowest BCUT2D eigenvalue weighted by Gasteiger charge is -2.28. The van der Waals surface area contributed by atoms with Crippen molar-refractivity contribution in [1.29, 1.82) is 0 Å². The molecule has 1 N–H and O–H groups in total. The lowest BCUT2D eigenvalue weighted by Crippen LogP contribution is -2.30. The van der Waals surface area contributed by atoms with Gasteiger partial charge in [-0.2, -0.15) is 8.78 Å². The summed E-state index contributed by atoms with van der Waals surface area (Å²) in [5, 5.41) is 9.38. The molecule has 10 heteroatoms. The van der Waals surface area contributed by atoms with Gasteiger partial charge in [-0.15, -0.1) is 0 Å². The highest BCUT2D eigenvalue weighted by Gasteiger charge is 2.45. The Bertz CT molecular complexity index is 1780. The maximum absolute atomic E-state index is 13.6. The van der Waals surface area contributed by atoms with Gasteiger partial charge in [0, 0.05) is 28.6 Å². The summed E-state index contributed by atoms with van der Waals surface area (Å²) in [7, 11) is -2.87. The van der Waals surface area contributed by atoms with Gasteiger partial charge in [-0.3, -0.25) is 4.79 Å². The van der Waals surface area contributed by atoms with Crippen LogP contribution in [0.15, 0.2) is 60.7 Å². The van der Waals surface area contributed by atoms with E-state index in [1.54, 1.807) is 18.2 Å². The molecule has 1 amide bonds. The van der Waals surface area contributed by atoms with Crippen LogP contribution in [0, 0.1) is 0 Å². The average molecular weight is 555 g/mol. The second kappa shape index (κ2) is 8.73. The number of rotatable bonds is 5. The molecule has 0 spiro atoms. The summed E-state index contributed by atoms with van der Waals surface area (Å²) in [6.07, 6.45) is 0.126. The van der Waals surface area contributed by atoms with Crippen molar-refractivity contribution in [2.24, 2.45) is 0 Å². The minimum atomic E-state index is -3.14. The summed E-state index contributed by atoms with van der Waals surface area (Å²) in [6.45, 7) is -1.36. The van der Waals surface area contributed by atoms with Crippen molar-refractivity contribution in [1.82, 2.24) is 14.5 Å². The van der Waals surface area contributed by atoms with E-state index in [1.165, 1.54) is 38.5 Å². The van der Waals surface area contributed by atoms with Gasteiger partial charge in [0.1, 0.15) is 24.1 Å². The molecule has 202 valence electrons. The Kier molecular flexibility index (Phi) is 4.99. The number of hydrogen-bond acceptors (Lipinski definition) is 5. The zero-order valence-electron chi connectivity index (χ0n) is 24.4. The molecule has 2 aliphatic rings. The van der Waals surface area contributed by atoms with Crippen LogP contribution in [0.25, 0.3) is 22.2 Å². The molecule has 0 saturated carbocycles. The number of benzene rings is 3. The standard InChI is InChI=1S/C29H28F2N3O4P/c1-29(36,39(3,4)37)18-11-8-16(9-12-18)17-10-13-20-21(14-17)34-22-15-23(26(34)32-20)33(2)27(35)19-6-5-7-24(25(19)22)38-28(30)31/h5-14,22-23,28,36H,15H2,1-4H3/t22-,23-,29-/m1/s1/i2D3. The van der Waals surface area contributed by atoms with Crippen molar-refractivity contribution in [3.8, 4) is 16.9 Å². The van der Waals surface area contributed by atoms with E-state index >= 15 is 0 Å². The van der Waals surface area contributed by atoms with Crippen LogP contribution in [-0.2, 0) is 9.91 Å². The highest BCUT2D eigenvalue weighted by atomic mass is 31.2. The predicted octanol–water partition coefficient (Wildman–Crippen LogP) is 6.21. The Morgan fingerprint density at radius 2 is 1.85 bits per heavy atom. The molecule has 0 aliphatic carbocycles. The number of halogens is 2. The number of aromatic nitrogens is 2. The highest BCUT2D eigenvalue weighted by molar-refractivity contribution is 7.63. The lowest BCUT2D eigenvalue weighted by molar-refractivity contribution is -0.0507. The van der Waals surface area contributed by atoms with Gasteiger partial charge in [-0.25, -0.2) is 4.98 Å². The highest BCUT2D eigenvalue weighted by Crippen LogP contribution is 2.56. The Labute approximate surface area is 228 Å². The quantitative estimate of drug-likeness (QED) is 0.297. The van der Waals surface area contributed by atoms with Crippen LogP contribution in [0.2, 0.25) is 0 Å². The zero-order chi connectivity index (χ0) is 30.4. The molecule has 0 saturated heterocycles. The number of carbonyl (C=O) groups excluding carboxylic acids is 1. The molecule has 3 atom stereocenters.